The van der Waals surface area contributed by atoms with Gasteiger partial charge in [0, 0.05) is 12.1 Å². The molecule has 1 aromatic carbocycles. The first kappa shape index (κ1) is 16.5. The van der Waals surface area contributed by atoms with E-state index in [0.29, 0.717) is 4.90 Å². The summed E-state index contributed by atoms with van der Waals surface area (Å²) in [6, 6.07) is 6.78. The minimum Gasteiger partial charge on any atom is -0.324 e. The third-order valence-corrected chi connectivity index (χ3v) is 5.78. The van der Waals surface area contributed by atoms with Gasteiger partial charge >= 0.3 is 0 Å². The minimum absolute atomic E-state index is 0.0341. The van der Waals surface area contributed by atoms with Crippen LogP contribution in [0.15, 0.2) is 29.2 Å². The van der Waals surface area contributed by atoms with Crippen molar-refractivity contribution in [3.05, 3.63) is 29.8 Å². The smallest absolute Gasteiger partial charge is 0.240 e. The number of nitrogens with one attached hydrogen (secondary N) is 1. The van der Waals surface area contributed by atoms with Crippen LogP contribution in [0, 0.1) is 5.41 Å². The van der Waals surface area contributed by atoms with E-state index in [1.54, 1.807) is 24.3 Å². The van der Waals surface area contributed by atoms with Crippen molar-refractivity contribution in [3.8, 4) is 0 Å². The van der Waals surface area contributed by atoms with Gasteiger partial charge in [0.2, 0.25) is 10.0 Å². The standard InChI is InChI=1S/C16H26N2O2S/c1-12(17)13-6-8-15(9-7-13)21(19,20)18-14-5-4-10-16(2,3)11-14/h6-9,12,14,18H,4-5,10-11,17H2,1-3H3. The highest BCUT2D eigenvalue weighted by Gasteiger charge is 2.30. The molecule has 0 amide bonds. The van der Waals surface area contributed by atoms with Gasteiger partial charge in [0.15, 0.2) is 0 Å². The molecule has 2 rings (SSSR count). The highest BCUT2D eigenvalue weighted by molar-refractivity contribution is 7.89. The first-order chi connectivity index (χ1) is 9.70. The Morgan fingerprint density at radius 1 is 1.29 bits per heavy atom. The Kier molecular flexibility index (Phi) is 4.76. The van der Waals surface area contributed by atoms with Crippen LogP contribution in [0.1, 0.15) is 58.1 Å². The van der Waals surface area contributed by atoms with Crippen molar-refractivity contribution in [2.75, 3.05) is 0 Å². The summed E-state index contributed by atoms with van der Waals surface area (Å²) < 4.78 is 27.8. The Bertz CT molecular complexity index is 577. The zero-order valence-corrected chi connectivity index (χ0v) is 13.9. The van der Waals surface area contributed by atoms with Crippen molar-refractivity contribution in [1.29, 1.82) is 0 Å². The lowest BCUT2D eigenvalue weighted by Gasteiger charge is -2.35. The van der Waals surface area contributed by atoms with E-state index in [9.17, 15) is 8.42 Å². The molecule has 1 aliphatic rings. The quantitative estimate of drug-likeness (QED) is 0.898. The van der Waals surface area contributed by atoms with Gasteiger partial charge in [-0.15, -0.1) is 0 Å². The molecule has 0 bridgehead atoms. The van der Waals surface area contributed by atoms with Gasteiger partial charge < -0.3 is 5.73 Å². The SMILES string of the molecule is CC(N)c1ccc(S(=O)(=O)NC2CCCC(C)(C)C2)cc1. The summed E-state index contributed by atoms with van der Waals surface area (Å²) in [5.74, 6) is 0. The third-order valence-electron chi connectivity index (χ3n) is 4.24. The molecule has 1 aliphatic carbocycles. The number of hydrogen-bond acceptors (Lipinski definition) is 3. The van der Waals surface area contributed by atoms with E-state index in [1.165, 1.54) is 0 Å². The lowest BCUT2D eigenvalue weighted by atomic mass is 9.75. The highest BCUT2D eigenvalue weighted by Crippen LogP contribution is 2.35. The molecular formula is C16H26N2O2S. The molecule has 2 atom stereocenters. The van der Waals surface area contributed by atoms with Crippen LogP contribution in [-0.2, 0) is 10.0 Å². The molecule has 0 aliphatic heterocycles. The number of benzene rings is 1. The number of hydrogen-bond donors (Lipinski definition) is 2. The van der Waals surface area contributed by atoms with Crippen LogP contribution in [0.4, 0.5) is 0 Å². The topological polar surface area (TPSA) is 72.2 Å². The van der Waals surface area contributed by atoms with Crippen molar-refractivity contribution < 1.29 is 8.42 Å². The molecule has 3 N–H and O–H groups in total. The van der Waals surface area contributed by atoms with Gasteiger partial charge in [-0.2, -0.15) is 0 Å². The lowest BCUT2D eigenvalue weighted by Crippen LogP contribution is -2.40. The van der Waals surface area contributed by atoms with E-state index in [1.807, 2.05) is 6.92 Å². The Labute approximate surface area is 128 Å². The lowest BCUT2D eigenvalue weighted by molar-refractivity contribution is 0.212. The first-order valence-electron chi connectivity index (χ1n) is 7.57. The second-order valence-corrected chi connectivity index (χ2v) is 8.65. The zero-order valence-electron chi connectivity index (χ0n) is 13.1. The number of nitrogens with two attached hydrogens (primary N) is 1. The third kappa shape index (κ3) is 4.28. The van der Waals surface area contributed by atoms with E-state index >= 15 is 0 Å². The van der Waals surface area contributed by atoms with Crippen LogP contribution in [0.5, 0.6) is 0 Å². The Hall–Kier alpha value is -0.910. The average molecular weight is 310 g/mol. The number of sulfonamides is 1. The second kappa shape index (κ2) is 6.07. The first-order valence-corrected chi connectivity index (χ1v) is 9.06. The van der Waals surface area contributed by atoms with Crippen LogP contribution in [0.3, 0.4) is 0 Å². The molecule has 1 aromatic rings. The molecule has 0 saturated heterocycles. The molecule has 0 radical (unpaired) electrons. The van der Waals surface area contributed by atoms with Gasteiger partial charge in [-0.25, -0.2) is 13.1 Å². The van der Waals surface area contributed by atoms with Crippen LogP contribution >= 0.6 is 0 Å². The average Bonchev–Trinajstić information content (AvgIpc) is 2.37. The van der Waals surface area contributed by atoms with Gasteiger partial charge in [-0.3, -0.25) is 0 Å². The van der Waals surface area contributed by atoms with E-state index < -0.39 is 10.0 Å². The van der Waals surface area contributed by atoms with Crippen molar-refractivity contribution in [1.82, 2.24) is 4.72 Å². The molecule has 4 nitrogen and oxygen atoms in total. The van der Waals surface area contributed by atoms with E-state index in [0.717, 1.165) is 31.2 Å². The minimum atomic E-state index is -3.44. The fourth-order valence-corrected chi connectivity index (χ4v) is 4.31. The largest absolute Gasteiger partial charge is 0.324 e. The normalized spacial score (nSPS) is 23.7. The molecule has 5 heteroatoms. The van der Waals surface area contributed by atoms with Crippen LogP contribution in [0.2, 0.25) is 0 Å². The van der Waals surface area contributed by atoms with Gasteiger partial charge in [0.05, 0.1) is 4.90 Å². The molecule has 0 heterocycles. The molecule has 1 fully saturated rings. The van der Waals surface area contributed by atoms with Crippen molar-refractivity contribution >= 4 is 10.0 Å². The molecule has 0 aromatic heterocycles. The van der Waals surface area contributed by atoms with Crippen molar-refractivity contribution in [2.45, 2.75) is 63.4 Å². The monoisotopic (exact) mass is 310 g/mol. The summed E-state index contributed by atoms with van der Waals surface area (Å²) in [6.07, 6.45) is 4.04. The molecule has 21 heavy (non-hydrogen) atoms. The van der Waals surface area contributed by atoms with Gasteiger partial charge in [-0.1, -0.05) is 32.4 Å². The molecule has 1 saturated carbocycles. The zero-order chi connectivity index (χ0) is 15.7. The summed E-state index contributed by atoms with van der Waals surface area (Å²) in [6.45, 7) is 6.28. The maximum Gasteiger partial charge on any atom is 0.240 e. The summed E-state index contributed by atoms with van der Waals surface area (Å²) in [7, 11) is -3.44. The van der Waals surface area contributed by atoms with Gasteiger partial charge in [0.25, 0.3) is 0 Å². The second-order valence-electron chi connectivity index (χ2n) is 6.94. The van der Waals surface area contributed by atoms with Gasteiger partial charge in [0.1, 0.15) is 0 Å². The van der Waals surface area contributed by atoms with E-state index in [2.05, 4.69) is 18.6 Å². The predicted molar refractivity (Wildman–Crippen MR) is 85.4 cm³/mol. The Balaban J connectivity index is 2.11. The summed E-state index contributed by atoms with van der Waals surface area (Å²) in [4.78, 5) is 0.315. The maximum absolute atomic E-state index is 12.5. The summed E-state index contributed by atoms with van der Waals surface area (Å²) in [5.41, 5.74) is 6.94. The van der Waals surface area contributed by atoms with Gasteiger partial charge in [-0.05, 0) is 49.3 Å². The predicted octanol–water partition coefficient (Wildman–Crippen LogP) is 2.95. The summed E-state index contributed by atoms with van der Waals surface area (Å²) >= 11 is 0. The van der Waals surface area contributed by atoms with E-state index in [-0.39, 0.29) is 17.5 Å². The van der Waals surface area contributed by atoms with E-state index in [4.69, 9.17) is 5.73 Å². The fourth-order valence-electron chi connectivity index (χ4n) is 3.04. The Morgan fingerprint density at radius 2 is 1.90 bits per heavy atom. The highest BCUT2D eigenvalue weighted by atomic mass is 32.2. The molecule has 118 valence electrons. The fraction of sp³-hybridized carbons (Fsp3) is 0.625. The van der Waals surface area contributed by atoms with Crippen LogP contribution in [-0.4, -0.2) is 14.5 Å². The maximum atomic E-state index is 12.5. The van der Waals surface area contributed by atoms with Crippen molar-refractivity contribution in [3.63, 3.8) is 0 Å². The van der Waals surface area contributed by atoms with Crippen LogP contribution < -0.4 is 10.5 Å². The molecule has 2 unspecified atom stereocenters. The molecular weight excluding hydrogens is 284 g/mol. The summed E-state index contributed by atoms with van der Waals surface area (Å²) in [5, 5.41) is 0. The Morgan fingerprint density at radius 3 is 2.43 bits per heavy atom. The number of rotatable bonds is 4. The van der Waals surface area contributed by atoms with Crippen molar-refractivity contribution in [2.24, 2.45) is 11.1 Å². The van der Waals surface area contributed by atoms with Crippen LogP contribution in [0.25, 0.3) is 0 Å². The molecule has 0 spiro atoms.